The number of nitrogens with zero attached hydrogens (tertiary/aromatic N) is 4. The molecule has 19 heavy (non-hydrogen) atoms. The Bertz CT molecular complexity index is 396. The van der Waals surface area contributed by atoms with Gasteiger partial charge in [-0.2, -0.15) is 0 Å². The van der Waals surface area contributed by atoms with Gasteiger partial charge >= 0.3 is 0 Å². The first-order chi connectivity index (χ1) is 9.19. The maximum Gasteiger partial charge on any atom is 0.133 e. The van der Waals surface area contributed by atoms with Crippen LogP contribution in [0.4, 0.5) is 11.6 Å². The molecule has 2 rings (SSSR count). The summed E-state index contributed by atoms with van der Waals surface area (Å²) >= 11 is 0. The standard InChI is InChI=1S/C13H24N6/c1-14-5-7-19(3)13-8-12(15-10-16-13)17-11-4-6-18(2)9-11/h8,10-11,14H,4-7,9H2,1-3H3,(H,15,16,17). The fourth-order valence-corrected chi connectivity index (χ4v) is 2.29. The minimum atomic E-state index is 0.496. The lowest BCUT2D eigenvalue weighted by atomic mass is 10.2. The van der Waals surface area contributed by atoms with Gasteiger partial charge in [0.25, 0.3) is 0 Å². The Morgan fingerprint density at radius 1 is 1.47 bits per heavy atom. The van der Waals surface area contributed by atoms with Crippen molar-refractivity contribution < 1.29 is 0 Å². The number of aromatic nitrogens is 2. The number of hydrogen-bond acceptors (Lipinski definition) is 6. The van der Waals surface area contributed by atoms with Gasteiger partial charge in [0.15, 0.2) is 0 Å². The minimum Gasteiger partial charge on any atom is -0.366 e. The summed E-state index contributed by atoms with van der Waals surface area (Å²) in [6.45, 7) is 4.10. The van der Waals surface area contributed by atoms with Crippen molar-refractivity contribution in [3.8, 4) is 0 Å². The zero-order chi connectivity index (χ0) is 13.7. The lowest BCUT2D eigenvalue weighted by molar-refractivity contribution is 0.414. The quantitative estimate of drug-likeness (QED) is 0.768. The highest BCUT2D eigenvalue weighted by atomic mass is 15.2. The average molecular weight is 264 g/mol. The second-order valence-electron chi connectivity index (χ2n) is 5.18. The molecule has 0 radical (unpaired) electrons. The maximum atomic E-state index is 4.32. The van der Waals surface area contributed by atoms with Gasteiger partial charge in [0.05, 0.1) is 0 Å². The van der Waals surface area contributed by atoms with Crippen LogP contribution in [0.1, 0.15) is 6.42 Å². The predicted molar refractivity (Wildman–Crippen MR) is 78.8 cm³/mol. The van der Waals surface area contributed by atoms with Crippen LogP contribution in [-0.2, 0) is 0 Å². The highest BCUT2D eigenvalue weighted by molar-refractivity contribution is 5.48. The van der Waals surface area contributed by atoms with E-state index in [-0.39, 0.29) is 0 Å². The Morgan fingerprint density at radius 3 is 3.00 bits per heavy atom. The van der Waals surface area contributed by atoms with Crippen molar-refractivity contribution >= 4 is 11.6 Å². The van der Waals surface area contributed by atoms with Gasteiger partial charge < -0.3 is 20.4 Å². The van der Waals surface area contributed by atoms with Crippen LogP contribution in [0, 0.1) is 0 Å². The summed E-state index contributed by atoms with van der Waals surface area (Å²) in [6.07, 6.45) is 2.80. The van der Waals surface area contributed by atoms with Crippen molar-refractivity contribution in [2.75, 3.05) is 57.5 Å². The molecule has 6 heteroatoms. The van der Waals surface area contributed by atoms with E-state index in [4.69, 9.17) is 0 Å². The van der Waals surface area contributed by atoms with E-state index in [2.05, 4.69) is 37.4 Å². The summed E-state index contributed by atoms with van der Waals surface area (Å²) in [5.41, 5.74) is 0. The Labute approximate surface area is 115 Å². The number of nitrogens with one attached hydrogen (secondary N) is 2. The van der Waals surface area contributed by atoms with E-state index in [1.165, 1.54) is 6.42 Å². The number of anilines is 2. The first-order valence-electron chi connectivity index (χ1n) is 6.82. The third-order valence-electron chi connectivity index (χ3n) is 3.48. The fourth-order valence-electron chi connectivity index (χ4n) is 2.29. The molecule has 0 bridgehead atoms. The van der Waals surface area contributed by atoms with E-state index in [1.807, 2.05) is 20.2 Å². The van der Waals surface area contributed by atoms with Gasteiger partial charge in [-0.25, -0.2) is 9.97 Å². The lowest BCUT2D eigenvalue weighted by Crippen LogP contribution is -2.28. The summed E-state index contributed by atoms with van der Waals surface area (Å²) in [5.74, 6) is 1.88. The van der Waals surface area contributed by atoms with E-state index in [0.29, 0.717) is 6.04 Å². The van der Waals surface area contributed by atoms with E-state index >= 15 is 0 Å². The number of hydrogen-bond donors (Lipinski definition) is 2. The molecule has 1 aliphatic rings. The zero-order valence-corrected chi connectivity index (χ0v) is 12.1. The average Bonchev–Trinajstić information content (AvgIpc) is 2.81. The SMILES string of the molecule is CNCCN(C)c1cc(NC2CCN(C)C2)ncn1. The second kappa shape index (κ2) is 6.68. The van der Waals surface area contributed by atoms with E-state index in [9.17, 15) is 0 Å². The van der Waals surface area contributed by atoms with Gasteiger partial charge in [-0.3, -0.25) is 0 Å². The van der Waals surface area contributed by atoms with Crippen LogP contribution >= 0.6 is 0 Å². The molecule has 0 spiro atoms. The third kappa shape index (κ3) is 4.04. The van der Waals surface area contributed by atoms with Gasteiger partial charge in [0.2, 0.25) is 0 Å². The first kappa shape index (κ1) is 14.0. The topological polar surface area (TPSA) is 56.3 Å². The van der Waals surface area contributed by atoms with Crippen LogP contribution in [0.15, 0.2) is 12.4 Å². The van der Waals surface area contributed by atoms with Crippen LogP contribution in [0.3, 0.4) is 0 Å². The first-order valence-corrected chi connectivity index (χ1v) is 6.82. The molecular weight excluding hydrogens is 240 g/mol. The second-order valence-corrected chi connectivity index (χ2v) is 5.18. The van der Waals surface area contributed by atoms with Gasteiger partial charge in [-0.15, -0.1) is 0 Å². The molecule has 1 unspecified atom stereocenters. The minimum absolute atomic E-state index is 0.496. The van der Waals surface area contributed by atoms with Crippen LogP contribution in [0.2, 0.25) is 0 Å². The summed E-state index contributed by atoms with van der Waals surface area (Å²) in [4.78, 5) is 13.1. The third-order valence-corrected chi connectivity index (χ3v) is 3.48. The number of likely N-dealkylation sites (tertiary alicyclic amines) is 1. The van der Waals surface area contributed by atoms with Gasteiger partial charge in [-0.1, -0.05) is 0 Å². The van der Waals surface area contributed by atoms with Crippen molar-refractivity contribution in [3.05, 3.63) is 12.4 Å². The van der Waals surface area contributed by atoms with Crippen LogP contribution in [0.5, 0.6) is 0 Å². The number of likely N-dealkylation sites (N-methyl/N-ethyl adjacent to an activating group) is 3. The fraction of sp³-hybridized carbons (Fsp3) is 0.692. The molecule has 106 valence electrons. The molecule has 1 fully saturated rings. The highest BCUT2D eigenvalue weighted by Crippen LogP contribution is 2.16. The molecule has 1 aromatic rings. The Kier molecular flexibility index (Phi) is 4.93. The zero-order valence-electron chi connectivity index (χ0n) is 12.1. The Morgan fingerprint density at radius 2 is 2.32 bits per heavy atom. The molecule has 2 N–H and O–H groups in total. The molecule has 0 aromatic carbocycles. The normalized spacial score (nSPS) is 19.6. The van der Waals surface area contributed by atoms with Gasteiger partial charge in [0, 0.05) is 38.8 Å². The summed E-state index contributed by atoms with van der Waals surface area (Å²) in [5, 5.41) is 6.63. The molecule has 1 aliphatic heterocycles. The Balaban J connectivity index is 1.94. The molecule has 0 saturated carbocycles. The molecule has 0 amide bonds. The molecule has 0 aliphatic carbocycles. The van der Waals surface area contributed by atoms with Gasteiger partial charge in [-0.05, 0) is 27.1 Å². The van der Waals surface area contributed by atoms with Crippen molar-refractivity contribution in [2.24, 2.45) is 0 Å². The van der Waals surface area contributed by atoms with Crippen LogP contribution < -0.4 is 15.5 Å². The number of rotatable bonds is 6. The summed E-state index contributed by atoms with van der Waals surface area (Å²) < 4.78 is 0. The summed E-state index contributed by atoms with van der Waals surface area (Å²) in [6, 6.07) is 2.52. The van der Waals surface area contributed by atoms with E-state index < -0.39 is 0 Å². The van der Waals surface area contributed by atoms with Crippen LogP contribution in [-0.4, -0.2) is 68.2 Å². The van der Waals surface area contributed by atoms with Crippen molar-refractivity contribution in [1.82, 2.24) is 20.2 Å². The smallest absolute Gasteiger partial charge is 0.133 e. The van der Waals surface area contributed by atoms with E-state index in [0.717, 1.165) is 37.8 Å². The van der Waals surface area contributed by atoms with Crippen molar-refractivity contribution in [2.45, 2.75) is 12.5 Å². The monoisotopic (exact) mass is 264 g/mol. The van der Waals surface area contributed by atoms with E-state index in [1.54, 1.807) is 6.33 Å². The molecule has 1 aromatic heterocycles. The van der Waals surface area contributed by atoms with Crippen molar-refractivity contribution in [3.63, 3.8) is 0 Å². The Hall–Kier alpha value is -1.40. The van der Waals surface area contributed by atoms with Gasteiger partial charge in [0.1, 0.15) is 18.0 Å². The molecule has 1 saturated heterocycles. The maximum absolute atomic E-state index is 4.32. The largest absolute Gasteiger partial charge is 0.366 e. The summed E-state index contributed by atoms with van der Waals surface area (Å²) in [7, 11) is 6.16. The molecular formula is C13H24N6. The molecule has 6 nitrogen and oxygen atoms in total. The van der Waals surface area contributed by atoms with Crippen molar-refractivity contribution in [1.29, 1.82) is 0 Å². The highest BCUT2D eigenvalue weighted by Gasteiger charge is 2.19. The molecule has 2 heterocycles. The lowest BCUT2D eigenvalue weighted by Gasteiger charge is -2.19. The predicted octanol–water partition coefficient (Wildman–Crippen LogP) is 0.248. The van der Waals surface area contributed by atoms with Crippen LogP contribution in [0.25, 0.3) is 0 Å². The molecule has 1 atom stereocenters.